The number of fused-ring (bicyclic) bond motifs is 1. The Morgan fingerprint density at radius 1 is 1.21 bits per heavy atom. The van der Waals surface area contributed by atoms with E-state index in [1.165, 1.54) is 18.2 Å². The molecular weight excluding hydrogens is 270 g/mol. The normalized spacial score (nSPS) is 23.7. The largest absolute Gasteiger partial charge is 0.447 e. The van der Waals surface area contributed by atoms with Crippen molar-refractivity contribution in [2.45, 2.75) is 17.6 Å². The monoisotopic (exact) mass is 279 g/mol. The third kappa shape index (κ3) is 1.50. The summed E-state index contributed by atoms with van der Waals surface area (Å²) in [6.07, 6.45) is -5.73. The zero-order chi connectivity index (χ0) is 14.6. The number of nitrogens with zero attached hydrogens (tertiary/aromatic N) is 1. The molecule has 0 aliphatic carbocycles. The lowest BCUT2D eigenvalue weighted by molar-refractivity contribution is -0.387. The fraction of sp³-hybridized carbons (Fsp3) is 0.364. The fourth-order valence-corrected chi connectivity index (χ4v) is 2.05. The average molecular weight is 279 g/mol. The molecule has 2 N–H and O–H groups in total. The first kappa shape index (κ1) is 13.8. The molecule has 0 saturated carbocycles. The molecule has 1 atom stereocenters. The summed E-state index contributed by atoms with van der Waals surface area (Å²) in [5.74, 6) is -6.49. The van der Waals surface area contributed by atoms with E-state index in [0.717, 1.165) is 13.1 Å². The molecule has 1 amide bonds. The van der Waals surface area contributed by atoms with Gasteiger partial charge in [0, 0.05) is 12.6 Å². The molecule has 8 heteroatoms. The lowest BCUT2D eigenvalue weighted by Crippen LogP contribution is -2.62. The van der Waals surface area contributed by atoms with Crippen molar-refractivity contribution < 1.29 is 32.6 Å². The molecule has 19 heavy (non-hydrogen) atoms. The second-order valence-electron chi connectivity index (χ2n) is 4.21. The highest BCUT2D eigenvalue weighted by molar-refractivity contribution is 6.07. The Bertz CT molecular complexity index is 543. The van der Waals surface area contributed by atoms with E-state index < -0.39 is 29.1 Å². The van der Waals surface area contributed by atoms with Crippen LogP contribution < -0.4 is 4.90 Å². The van der Waals surface area contributed by atoms with Gasteiger partial charge in [-0.3, -0.25) is 4.79 Å². The number of benzene rings is 1. The summed E-state index contributed by atoms with van der Waals surface area (Å²) >= 11 is 0. The summed E-state index contributed by atoms with van der Waals surface area (Å²) in [6, 6.07) is 4.70. The van der Waals surface area contributed by atoms with Crippen LogP contribution in [0.3, 0.4) is 0 Å². The molecule has 1 aromatic carbocycles. The molecule has 0 radical (unpaired) electrons. The van der Waals surface area contributed by atoms with E-state index in [2.05, 4.69) is 0 Å². The van der Waals surface area contributed by atoms with E-state index in [9.17, 15) is 22.4 Å². The van der Waals surface area contributed by atoms with Crippen molar-refractivity contribution in [3.8, 4) is 0 Å². The number of amides is 1. The number of anilines is 1. The lowest BCUT2D eigenvalue weighted by Gasteiger charge is -2.34. The molecule has 1 aromatic rings. The number of para-hydroxylation sites is 1. The van der Waals surface area contributed by atoms with Crippen LogP contribution in [-0.2, 0) is 10.5 Å². The van der Waals surface area contributed by atoms with E-state index in [1.54, 1.807) is 0 Å². The highest BCUT2D eigenvalue weighted by Gasteiger charge is 2.74. The predicted octanol–water partition coefficient (Wildman–Crippen LogP) is 1.07. The number of alkyl halides is 4. The van der Waals surface area contributed by atoms with Crippen LogP contribution in [0.4, 0.5) is 23.2 Å². The van der Waals surface area contributed by atoms with Crippen LogP contribution >= 0.6 is 0 Å². The van der Waals surface area contributed by atoms with Gasteiger partial charge in [-0.2, -0.15) is 13.2 Å². The van der Waals surface area contributed by atoms with Gasteiger partial charge in [-0.1, -0.05) is 18.2 Å². The van der Waals surface area contributed by atoms with Crippen LogP contribution in [0.25, 0.3) is 0 Å². The highest BCUT2D eigenvalue weighted by Crippen LogP contribution is 2.52. The summed E-state index contributed by atoms with van der Waals surface area (Å²) in [5.41, 5.74) is -4.87. The number of halogens is 4. The van der Waals surface area contributed by atoms with Crippen LogP contribution in [0.2, 0.25) is 0 Å². The van der Waals surface area contributed by atoms with Crippen molar-refractivity contribution >= 4 is 11.6 Å². The molecule has 104 valence electrons. The van der Waals surface area contributed by atoms with Gasteiger partial charge in [0.2, 0.25) is 0 Å². The minimum Gasteiger partial charge on any atom is -0.355 e. The third-order valence-electron chi connectivity index (χ3n) is 3.11. The first-order chi connectivity index (χ1) is 8.55. The van der Waals surface area contributed by atoms with Gasteiger partial charge < -0.3 is 15.1 Å². The van der Waals surface area contributed by atoms with Gasteiger partial charge in [-0.15, -0.1) is 0 Å². The number of carbonyl (C=O) groups excluding carboxylic acids is 1. The zero-order valence-electron chi connectivity index (χ0n) is 9.57. The molecule has 2 rings (SSSR count). The summed E-state index contributed by atoms with van der Waals surface area (Å²) in [5, 5.41) is 18.3. The quantitative estimate of drug-likeness (QED) is 0.597. The van der Waals surface area contributed by atoms with Crippen LogP contribution in [0.1, 0.15) is 5.56 Å². The van der Waals surface area contributed by atoms with E-state index in [4.69, 9.17) is 10.2 Å². The minimum atomic E-state index is -5.73. The Morgan fingerprint density at radius 3 is 2.26 bits per heavy atom. The number of likely N-dealkylation sites (N-methyl/N-ethyl adjacent to an activating group) is 1. The van der Waals surface area contributed by atoms with Crippen LogP contribution in [-0.4, -0.2) is 35.1 Å². The Kier molecular flexibility index (Phi) is 2.66. The SMILES string of the molecule is CN1C(=O)C(F)(C(O)(O)C(F)(F)F)c2ccccc21. The molecule has 0 aromatic heterocycles. The fourth-order valence-electron chi connectivity index (χ4n) is 2.05. The minimum absolute atomic E-state index is 0.147. The Balaban J connectivity index is 2.72. The molecule has 1 aliphatic heterocycles. The standard InChI is InChI=1S/C11H9F4NO3/c1-16-7-5-3-2-4-6(7)9(12,8(16)17)10(18,19)11(13,14)15/h2-5,18-19H,1H3. The van der Waals surface area contributed by atoms with Crippen molar-refractivity contribution in [3.63, 3.8) is 0 Å². The van der Waals surface area contributed by atoms with Crippen molar-refractivity contribution in [2.24, 2.45) is 0 Å². The zero-order valence-corrected chi connectivity index (χ0v) is 9.57. The van der Waals surface area contributed by atoms with E-state index in [-0.39, 0.29) is 5.69 Å². The van der Waals surface area contributed by atoms with E-state index in [0.29, 0.717) is 4.90 Å². The van der Waals surface area contributed by atoms with Crippen LogP contribution in [0.15, 0.2) is 24.3 Å². The number of rotatable bonds is 1. The number of carbonyl (C=O) groups is 1. The van der Waals surface area contributed by atoms with Crippen molar-refractivity contribution in [1.29, 1.82) is 0 Å². The second kappa shape index (κ2) is 3.67. The molecule has 1 unspecified atom stereocenters. The van der Waals surface area contributed by atoms with Gasteiger partial charge in [0.05, 0.1) is 5.69 Å². The number of aliphatic hydroxyl groups is 2. The van der Waals surface area contributed by atoms with Gasteiger partial charge >= 0.3 is 12.0 Å². The van der Waals surface area contributed by atoms with Gasteiger partial charge in [0.15, 0.2) is 0 Å². The van der Waals surface area contributed by atoms with E-state index >= 15 is 0 Å². The van der Waals surface area contributed by atoms with Crippen LogP contribution in [0, 0.1) is 0 Å². The maximum Gasteiger partial charge on any atom is 0.447 e. The molecule has 1 aliphatic rings. The average Bonchev–Trinajstić information content (AvgIpc) is 2.52. The Labute approximate surface area is 104 Å². The highest BCUT2D eigenvalue weighted by atomic mass is 19.4. The lowest BCUT2D eigenvalue weighted by atomic mass is 9.87. The molecular formula is C11H9F4NO3. The molecule has 0 spiro atoms. The first-order valence-electron chi connectivity index (χ1n) is 5.13. The van der Waals surface area contributed by atoms with Crippen molar-refractivity contribution in [2.75, 3.05) is 11.9 Å². The van der Waals surface area contributed by atoms with Gasteiger partial charge in [0.25, 0.3) is 11.6 Å². The van der Waals surface area contributed by atoms with Gasteiger partial charge in [0.1, 0.15) is 0 Å². The summed E-state index contributed by atoms with van der Waals surface area (Å²) in [6.45, 7) is 0. The predicted molar refractivity (Wildman–Crippen MR) is 55.9 cm³/mol. The molecule has 0 fully saturated rings. The number of hydrogen-bond donors (Lipinski definition) is 2. The number of hydrogen-bond acceptors (Lipinski definition) is 3. The summed E-state index contributed by atoms with van der Waals surface area (Å²) in [4.78, 5) is 12.3. The summed E-state index contributed by atoms with van der Waals surface area (Å²) < 4.78 is 52.5. The Hall–Kier alpha value is -1.67. The third-order valence-corrected chi connectivity index (χ3v) is 3.11. The molecule has 4 nitrogen and oxygen atoms in total. The molecule has 0 saturated heterocycles. The Morgan fingerprint density at radius 2 is 1.74 bits per heavy atom. The van der Waals surface area contributed by atoms with Gasteiger partial charge in [-0.25, -0.2) is 4.39 Å². The maximum atomic E-state index is 14.6. The van der Waals surface area contributed by atoms with Crippen molar-refractivity contribution in [1.82, 2.24) is 0 Å². The maximum absolute atomic E-state index is 14.6. The van der Waals surface area contributed by atoms with Crippen molar-refractivity contribution in [3.05, 3.63) is 29.8 Å². The van der Waals surface area contributed by atoms with Gasteiger partial charge in [-0.05, 0) is 6.07 Å². The molecule has 0 bridgehead atoms. The topological polar surface area (TPSA) is 60.8 Å². The molecule has 1 heterocycles. The smallest absolute Gasteiger partial charge is 0.355 e. The van der Waals surface area contributed by atoms with E-state index in [1.807, 2.05) is 0 Å². The summed E-state index contributed by atoms with van der Waals surface area (Å²) in [7, 11) is 1.05. The van der Waals surface area contributed by atoms with Crippen LogP contribution in [0.5, 0.6) is 0 Å². The first-order valence-corrected chi connectivity index (χ1v) is 5.13. The second-order valence-corrected chi connectivity index (χ2v) is 4.21.